The molecule has 0 unspecified atom stereocenters. The van der Waals surface area contributed by atoms with Gasteiger partial charge in [-0.3, -0.25) is 4.79 Å². The van der Waals surface area contributed by atoms with Crippen LogP contribution in [0.15, 0.2) is 59.5 Å². The third kappa shape index (κ3) is 8.45. The molecule has 0 bridgehead atoms. The Labute approximate surface area is 227 Å². The van der Waals surface area contributed by atoms with Gasteiger partial charge in [-0.2, -0.15) is 18.2 Å². The average molecular weight is 566 g/mol. The van der Waals surface area contributed by atoms with Crippen LogP contribution in [0.2, 0.25) is 0 Å². The third-order valence-electron chi connectivity index (χ3n) is 5.72. The first-order valence-electron chi connectivity index (χ1n) is 12.2. The summed E-state index contributed by atoms with van der Waals surface area (Å²) in [4.78, 5) is 21.9. The topological polar surface area (TPSA) is 79.8 Å². The number of halogens is 4. The van der Waals surface area contributed by atoms with Gasteiger partial charge in [0.15, 0.2) is 5.69 Å². The van der Waals surface area contributed by atoms with E-state index >= 15 is 0 Å². The number of rotatable bonds is 10. The molecule has 0 radical (unpaired) electrons. The molecule has 1 N–H and O–H groups in total. The van der Waals surface area contributed by atoms with Crippen LogP contribution in [0.1, 0.15) is 18.5 Å². The summed E-state index contributed by atoms with van der Waals surface area (Å²) in [6.07, 6.45) is -3.79. The number of alkyl halides is 3. The summed E-state index contributed by atoms with van der Waals surface area (Å²) < 4.78 is 66.2. The first kappa shape index (κ1) is 28.4. The Hall–Kier alpha value is -3.58. The molecular weight excluding hydrogens is 538 g/mol. The largest absolute Gasteiger partial charge is 0.494 e. The van der Waals surface area contributed by atoms with Gasteiger partial charge in [0.2, 0.25) is 5.95 Å². The minimum absolute atomic E-state index is 0.0206. The lowest BCUT2D eigenvalue weighted by Gasteiger charge is -2.34. The Morgan fingerprint density at radius 3 is 2.36 bits per heavy atom. The summed E-state index contributed by atoms with van der Waals surface area (Å²) in [6, 6.07) is 13.7. The van der Waals surface area contributed by atoms with Gasteiger partial charge in [0.1, 0.15) is 17.4 Å². The minimum Gasteiger partial charge on any atom is -0.494 e. The highest BCUT2D eigenvalue weighted by molar-refractivity contribution is 7.97. The van der Waals surface area contributed by atoms with E-state index in [2.05, 4.69) is 24.3 Å². The van der Waals surface area contributed by atoms with Gasteiger partial charge in [0, 0.05) is 49.2 Å². The molecule has 2 heterocycles. The van der Waals surface area contributed by atoms with Crippen molar-refractivity contribution >= 4 is 35.4 Å². The highest BCUT2D eigenvalue weighted by Crippen LogP contribution is 2.32. The summed E-state index contributed by atoms with van der Waals surface area (Å²) in [5.74, 6) is -0.0727. The number of benzene rings is 2. The van der Waals surface area contributed by atoms with E-state index < -0.39 is 17.7 Å². The molecule has 1 aliphatic rings. The van der Waals surface area contributed by atoms with Crippen LogP contribution >= 0.6 is 11.9 Å². The van der Waals surface area contributed by atoms with Crippen LogP contribution in [-0.4, -0.2) is 60.1 Å². The van der Waals surface area contributed by atoms with Crippen LogP contribution in [0.25, 0.3) is 0 Å². The van der Waals surface area contributed by atoms with E-state index in [0.717, 1.165) is 11.0 Å². The molecule has 13 heteroatoms. The molecule has 2 aromatic carbocycles. The molecule has 1 aliphatic heterocycles. The van der Waals surface area contributed by atoms with Crippen LogP contribution in [0.3, 0.4) is 0 Å². The van der Waals surface area contributed by atoms with Crippen molar-refractivity contribution in [1.82, 2.24) is 14.3 Å². The minimum atomic E-state index is -4.65. The standard InChI is InChI=1S/C26H27F4N5O3S/c1-37-24(36)3-2-16-38-20-8-10-21(11-9-20)39-35-14-12-34(13-15-35)25-32-22(26(28,29)30)17-23(33-25)31-19-6-4-18(27)5-7-19/h4-11,17H,2-3,12-16H2,1H3,(H,31,32,33). The normalized spacial score (nSPS) is 14.2. The summed E-state index contributed by atoms with van der Waals surface area (Å²) in [7, 11) is 1.35. The van der Waals surface area contributed by atoms with Gasteiger partial charge in [0.05, 0.1) is 13.7 Å². The van der Waals surface area contributed by atoms with Crippen molar-refractivity contribution in [3.63, 3.8) is 0 Å². The number of methoxy groups -OCH3 is 1. The highest BCUT2D eigenvalue weighted by Gasteiger charge is 2.34. The lowest BCUT2D eigenvalue weighted by Crippen LogP contribution is -2.44. The molecule has 0 aliphatic carbocycles. The quantitative estimate of drug-likeness (QED) is 0.148. The zero-order valence-electron chi connectivity index (χ0n) is 21.1. The van der Waals surface area contributed by atoms with E-state index in [9.17, 15) is 22.4 Å². The van der Waals surface area contributed by atoms with Gasteiger partial charge < -0.3 is 19.7 Å². The maximum atomic E-state index is 13.5. The van der Waals surface area contributed by atoms with Crippen molar-refractivity contribution in [3.8, 4) is 5.75 Å². The molecule has 0 amide bonds. The average Bonchev–Trinajstić information content (AvgIpc) is 2.93. The molecular formula is C26H27F4N5O3S. The van der Waals surface area contributed by atoms with Crippen LogP contribution < -0.4 is 15.0 Å². The molecule has 4 rings (SSSR count). The molecule has 1 saturated heterocycles. The predicted octanol–water partition coefficient (Wildman–Crippen LogP) is 5.54. The molecule has 0 saturated carbocycles. The second kappa shape index (κ2) is 13.0. The van der Waals surface area contributed by atoms with E-state index in [1.54, 1.807) is 16.8 Å². The molecule has 8 nitrogen and oxygen atoms in total. The number of nitrogens with one attached hydrogen (secondary N) is 1. The second-order valence-electron chi connectivity index (χ2n) is 8.57. The van der Waals surface area contributed by atoms with Crippen LogP contribution in [0, 0.1) is 5.82 Å². The molecule has 0 spiro atoms. The molecule has 0 atom stereocenters. The summed E-state index contributed by atoms with van der Waals surface area (Å²) in [5, 5.41) is 2.80. The number of carbonyl (C=O) groups excluding carboxylic acids is 1. The van der Waals surface area contributed by atoms with E-state index in [-0.39, 0.29) is 17.7 Å². The summed E-state index contributed by atoms with van der Waals surface area (Å²) in [5.41, 5.74) is -0.644. The first-order valence-corrected chi connectivity index (χ1v) is 12.9. The lowest BCUT2D eigenvalue weighted by atomic mass is 10.3. The van der Waals surface area contributed by atoms with Crippen molar-refractivity contribution in [2.45, 2.75) is 23.9 Å². The molecule has 1 fully saturated rings. The number of hydrogen-bond acceptors (Lipinski definition) is 9. The summed E-state index contributed by atoms with van der Waals surface area (Å²) in [6.45, 7) is 2.44. The molecule has 39 heavy (non-hydrogen) atoms. The van der Waals surface area contributed by atoms with Gasteiger partial charge in [-0.15, -0.1) is 0 Å². The SMILES string of the molecule is COC(=O)CCCOc1ccc(SN2CCN(c3nc(Nc4ccc(F)cc4)cc(C(F)(F)F)n3)CC2)cc1. The lowest BCUT2D eigenvalue weighted by molar-refractivity contribution is -0.141. The Kier molecular flexibility index (Phi) is 9.46. The monoisotopic (exact) mass is 565 g/mol. The predicted molar refractivity (Wildman–Crippen MR) is 140 cm³/mol. The number of nitrogens with zero attached hydrogens (tertiary/aromatic N) is 4. The Balaban J connectivity index is 1.33. The Morgan fingerprint density at radius 1 is 1.03 bits per heavy atom. The van der Waals surface area contributed by atoms with E-state index in [4.69, 9.17) is 4.74 Å². The highest BCUT2D eigenvalue weighted by atomic mass is 32.2. The summed E-state index contributed by atoms with van der Waals surface area (Å²) >= 11 is 1.55. The number of piperazine rings is 1. The molecule has 208 valence electrons. The van der Waals surface area contributed by atoms with Crippen molar-refractivity contribution in [2.24, 2.45) is 0 Å². The first-order chi connectivity index (χ1) is 18.7. The van der Waals surface area contributed by atoms with Crippen molar-refractivity contribution < 1.29 is 31.8 Å². The smallest absolute Gasteiger partial charge is 0.433 e. The maximum Gasteiger partial charge on any atom is 0.433 e. The van der Waals surface area contributed by atoms with Gasteiger partial charge in [-0.1, -0.05) is 0 Å². The molecule has 1 aromatic heterocycles. The fourth-order valence-electron chi connectivity index (χ4n) is 3.70. The fraction of sp³-hybridized carbons (Fsp3) is 0.346. The third-order valence-corrected chi connectivity index (χ3v) is 6.83. The van der Waals surface area contributed by atoms with Gasteiger partial charge in [-0.25, -0.2) is 13.7 Å². The molecule has 3 aromatic rings. The number of anilines is 3. The van der Waals surface area contributed by atoms with Crippen molar-refractivity contribution in [3.05, 3.63) is 66.1 Å². The van der Waals surface area contributed by atoms with Crippen molar-refractivity contribution in [1.29, 1.82) is 0 Å². The number of ether oxygens (including phenoxy) is 2. The van der Waals surface area contributed by atoms with Gasteiger partial charge in [0.25, 0.3) is 0 Å². The number of aromatic nitrogens is 2. The van der Waals surface area contributed by atoms with Crippen LogP contribution in [0.4, 0.5) is 35.0 Å². The zero-order valence-corrected chi connectivity index (χ0v) is 21.9. The Bertz CT molecular complexity index is 1240. The van der Waals surface area contributed by atoms with E-state index in [0.29, 0.717) is 57.1 Å². The van der Waals surface area contributed by atoms with Crippen LogP contribution in [-0.2, 0) is 15.7 Å². The van der Waals surface area contributed by atoms with Gasteiger partial charge >= 0.3 is 12.1 Å². The fourth-order valence-corrected chi connectivity index (χ4v) is 4.60. The Morgan fingerprint density at radius 2 is 1.72 bits per heavy atom. The van der Waals surface area contributed by atoms with E-state index in [1.165, 1.54) is 31.4 Å². The van der Waals surface area contributed by atoms with E-state index in [1.807, 2.05) is 24.3 Å². The number of hydrogen-bond donors (Lipinski definition) is 1. The van der Waals surface area contributed by atoms with Gasteiger partial charge in [-0.05, 0) is 66.9 Å². The number of carbonyl (C=O) groups is 1. The van der Waals surface area contributed by atoms with Crippen molar-refractivity contribution in [2.75, 3.05) is 50.1 Å². The second-order valence-corrected chi connectivity index (χ2v) is 9.75. The maximum absolute atomic E-state index is 13.5. The van der Waals surface area contributed by atoms with Crippen LogP contribution in [0.5, 0.6) is 5.75 Å². The number of esters is 1. The zero-order chi connectivity index (χ0) is 27.8.